The molecule has 0 bridgehead atoms. The van der Waals surface area contributed by atoms with Crippen molar-refractivity contribution < 1.29 is 19.0 Å². The van der Waals surface area contributed by atoms with E-state index in [2.05, 4.69) is 10.3 Å². The minimum Gasteiger partial charge on any atom is -0.497 e. The first-order valence-corrected chi connectivity index (χ1v) is 9.24. The molecule has 0 aliphatic heterocycles. The summed E-state index contributed by atoms with van der Waals surface area (Å²) in [7, 11) is 3.47. The predicted molar refractivity (Wildman–Crippen MR) is 108 cm³/mol. The fourth-order valence-corrected chi connectivity index (χ4v) is 2.53. The van der Waals surface area contributed by atoms with E-state index in [1.54, 1.807) is 37.4 Å². The molecule has 0 spiro atoms. The molecule has 2 rings (SSSR count). The normalized spacial score (nSPS) is 12.4. The van der Waals surface area contributed by atoms with Crippen LogP contribution in [0.4, 0.5) is 4.39 Å². The van der Waals surface area contributed by atoms with Gasteiger partial charge in [0.15, 0.2) is 17.5 Å². The molecule has 1 unspecified atom stereocenters. The number of rotatable bonds is 9. The van der Waals surface area contributed by atoms with E-state index in [0.29, 0.717) is 25.7 Å². The van der Waals surface area contributed by atoms with Crippen LogP contribution in [-0.4, -0.2) is 56.4 Å². The molecule has 0 saturated carbocycles. The van der Waals surface area contributed by atoms with Gasteiger partial charge in [-0.3, -0.25) is 4.99 Å². The van der Waals surface area contributed by atoms with Gasteiger partial charge in [-0.05, 0) is 36.8 Å². The van der Waals surface area contributed by atoms with Crippen LogP contribution in [0.3, 0.4) is 0 Å². The van der Waals surface area contributed by atoms with E-state index in [1.165, 1.54) is 6.07 Å². The van der Waals surface area contributed by atoms with Crippen molar-refractivity contribution in [3.63, 3.8) is 0 Å². The Kier molecular flexibility index (Phi) is 8.55. The van der Waals surface area contributed by atoms with Crippen molar-refractivity contribution in [1.29, 1.82) is 0 Å². The highest BCUT2D eigenvalue weighted by Gasteiger charge is 2.11. The number of hydrogen-bond donors (Lipinski definition) is 2. The fraction of sp³-hybridized carbons (Fsp3) is 0.381. The molecule has 0 heterocycles. The molecule has 28 heavy (non-hydrogen) atoms. The van der Waals surface area contributed by atoms with Gasteiger partial charge in [0.1, 0.15) is 12.4 Å². The van der Waals surface area contributed by atoms with Crippen molar-refractivity contribution >= 4 is 5.96 Å². The molecule has 0 saturated heterocycles. The fourth-order valence-electron chi connectivity index (χ4n) is 2.53. The number of aliphatic hydroxyl groups excluding tert-OH is 1. The van der Waals surface area contributed by atoms with Crippen LogP contribution in [-0.2, 0) is 0 Å². The Hall–Kier alpha value is -2.80. The summed E-state index contributed by atoms with van der Waals surface area (Å²) in [5, 5.41) is 13.6. The van der Waals surface area contributed by atoms with E-state index < -0.39 is 6.10 Å². The number of nitrogens with zero attached hydrogens (tertiary/aromatic N) is 2. The zero-order valence-electron chi connectivity index (χ0n) is 16.6. The van der Waals surface area contributed by atoms with Crippen LogP contribution in [0.15, 0.2) is 53.5 Å². The Bertz CT molecular complexity index is 753. The van der Waals surface area contributed by atoms with Gasteiger partial charge in [-0.15, -0.1) is 0 Å². The van der Waals surface area contributed by atoms with E-state index in [9.17, 15) is 9.50 Å². The Morgan fingerprint density at radius 3 is 2.57 bits per heavy atom. The number of benzene rings is 2. The monoisotopic (exact) mass is 389 g/mol. The number of methoxy groups -OCH3 is 1. The third kappa shape index (κ3) is 6.42. The van der Waals surface area contributed by atoms with Crippen LogP contribution in [0, 0.1) is 5.82 Å². The van der Waals surface area contributed by atoms with Crippen molar-refractivity contribution in [3.8, 4) is 11.5 Å². The van der Waals surface area contributed by atoms with E-state index >= 15 is 0 Å². The number of likely N-dealkylation sites (N-methyl/N-ethyl adjacent to an activating group) is 1. The number of nitrogens with one attached hydrogen (secondary N) is 1. The SMILES string of the molecule is CCNC(=NCC(O)c1ccc(OC)cc1)N(C)CCOc1ccccc1F. The van der Waals surface area contributed by atoms with Crippen molar-refractivity contribution in [1.82, 2.24) is 10.2 Å². The maximum atomic E-state index is 13.6. The third-order valence-corrected chi connectivity index (χ3v) is 4.13. The van der Waals surface area contributed by atoms with E-state index in [0.717, 1.165) is 11.3 Å². The van der Waals surface area contributed by atoms with Crippen molar-refractivity contribution in [2.45, 2.75) is 13.0 Å². The molecule has 0 fully saturated rings. The molecular weight excluding hydrogens is 361 g/mol. The lowest BCUT2D eigenvalue weighted by Gasteiger charge is -2.22. The lowest BCUT2D eigenvalue weighted by Crippen LogP contribution is -2.41. The summed E-state index contributed by atoms with van der Waals surface area (Å²) in [4.78, 5) is 6.38. The van der Waals surface area contributed by atoms with Gasteiger partial charge in [-0.25, -0.2) is 4.39 Å². The Labute approximate surface area is 165 Å². The quantitative estimate of drug-likeness (QED) is 0.510. The minimum atomic E-state index is -0.720. The first-order chi connectivity index (χ1) is 13.5. The van der Waals surface area contributed by atoms with E-state index in [4.69, 9.17) is 9.47 Å². The van der Waals surface area contributed by atoms with E-state index in [-0.39, 0.29) is 18.1 Å². The Morgan fingerprint density at radius 1 is 1.21 bits per heavy atom. The molecule has 2 N–H and O–H groups in total. The van der Waals surface area contributed by atoms with Gasteiger partial charge in [0.2, 0.25) is 0 Å². The summed E-state index contributed by atoms with van der Waals surface area (Å²) in [6, 6.07) is 13.6. The maximum absolute atomic E-state index is 13.6. The van der Waals surface area contributed by atoms with Crippen LogP contribution in [0.5, 0.6) is 11.5 Å². The average Bonchev–Trinajstić information content (AvgIpc) is 2.72. The first kappa shape index (κ1) is 21.5. The second kappa shape index (κ2) is 11.1. The summed E-state index contributed by atoms with van der Waals surface area (Å²) in [6.45, 7) is 3.70. The second-order valence-electron chi connectivity index (χ2n) is 6.18. The van der Waals surface area contributed by atoms with Crippen molar-refractivity contribution in [3.05, 3.63) is 59.9 Å². The van der Waals surface area contributed by atoms with Gasteiger partial charge in [0.05, 0.1) is 26.3 Å². The molecule has 2 aromatic carbocycles. The van der Waals surface area contributed by atoms with Gasteiger partial charge in [-0.1, -0.05) is 24.3 Å². The smallest absolute Gasteiger partial charge is 0.193 e. The van der Waals surface area contributed by atoms with Gasteiger partial charge in [0, 0.05) is 13.6 Å². The lowest BCUT2D eigenvalue weighted by molar-refractivity contribution is 0.186. The van der Waals surface area contributed by atoms with Gasteiger partial charge in [0.25, 0.3) is 0 Å². The number of hydrogen-bond acceptors (Lipinski definition) is 4. The number of guanidine groups is 1. The molecule has 0 aliphatic rings. The third-order valence-electron chi connectivity index (χ3n) is 4.13. The molecule has 2 aromatic rings. The number of aliphatic imine (C=N–C) groups is 1. The van der Waals surface area contributed by atoms with Crippen molar-refractivity contribution in [2.75, 3.05) is 40.4 Å². The summed E-state index contributed by atoms with van der Waals surface area (Å²) >= 11 is 0. The van der Waals surface area contributed by atoms with Crippen LogP contribution in [0.25, 0.3) is 0 Å². The van der Waals surface area contributed by atoms with E-state index in [1.807, 2.05) is 31.0 Å². The topological polar surface area (TPSA) is 66.3 Å². The highest BCUT2D eigenvalue weighted by molar-refractivity contribution is 5.79. The maximum Gasteiger partial charge on any atom is 0.193 e. The molecule has 0 aliphatic carbocycles. The largest absolute Gasteiger partial charge is 0.497 e. The minimum absolute atomic E-state index is 0.215. The summed E-state index contributed by atoms with van der Waals surface area (Å²) in [5.74, 6) is 1.23. The summed E-state index contributed by atoms with van der Waals surface area (Å²) in [6.07, 6.45) is -0.720. The molecule has 1 atom stereocenters. The van der Waals surface area contributed by atoms with Gasteiger partial charge in [-0.2, -0.15) is 0 Å². The highest BCUT2D eigenvalue weighted by Crippen LogP contribution is 2.18. The number of para-hydroxylation sites is 1. The van der Waals surface area contributed by atoms with Gasteiger partial charge < -0.3 is 24.8 Å². The standard InChI is InChI=1S/C21H28FN3O3/c1-4-23-21(24-15-19(26)16-9-11-17(27-3)12-10-16)25(2)13-14-28-20-8-6-5-7-18(20)22/h5-12,19,26H,4,13-15H2,1-3H3,(H,23,24). The average molecular weight is 389 g/mol. The second-order valence-corrected chi connectivity index (χ2v) is 6.18. The molecule has 152 valence electrons. The van der Waals surface area contributed by atoms with Gasteiger partial charge >= 0.3 is 0 Å². The number of aliphatic hydroxyl groups is 1. The van der Waals surface area contributed by atoms with Crippen molar-refractivity contribution in [2.24, 2.45) is 4.99 Å². The molecule has 7 heteroatoms. The van der Waals surface area contributed by atoms with Crippen LogP contribution < -0.4 is 14.8 Å². The molecule has 0 amide bonds. The first-order valence-electron chi connectivity index (χ1n) is 9.24. The number of halogens is 1. The molecule has 0 radical (unpaired) electrons. The van der Waals surface area contributed by atoms with Crippen LogP contribution in [0.2, 0.25) is 0 Å². The van der Waals surface area contributed by atoms with Crippen LogP contribution in [0.1, 0.15) is 18.6 Å². The Morgan fingerprint density at radius 2 is 1.93 bits per heavy atom. The molecule has 0 aromatic heterocycles. The van der Waals surface area contributed by atoms with Crippen LogP contribution >= 0.6 is 0 Å². The zero-order chi connectivity index (χ0) is 20.4. The lowest BCUT2D eigenvalue weighted by atomic mass is 10.1. The Balaban J connectivity index is 1.91. The zero-order valence-corrected chi connectivity index (χ0v) is 16.6. The summed E-state index contributed by atoms with van der Waals surface area (Å²) in [5.41, 5.74) is 0.769. The number of ether oxygens (including phenoxy) is 2. The molecule has 6 nitrogen and oxygen atoms in total. The predicted octanol–water partition coefficient (Wildman–Crippen LogP) is 2.84. The summed E-state index contributed by atoms with van der Waals surface area (Å²) < 4.78 is 24.2. The molecular formula is C21H28FN3O3. The highest BCUT2D eigenvalue weighted by atomic mass is 19.1.